The second-order valence-electron chi connectivity index (χ2n) is 12.4. The molecule has 0 radical (unpaired) electrons. The largest absolute Gasteiger partial charge is 0.493 e. The Hall–Kier alpha value is -2.67. The minimum absolute atomic E-state index is 0.0256. The molecule has 3 aliphatic carbocycles. The van der Waals surface area contributed by atoms with Crippen molar-refractivity contribution in [2.75, 3.05) is 20.3 Å². The molecule has 0 saturated heterocycles. The zero-order valence-corrected chi connectivity index (χ0v) is 27.5. The standard InChI is InChI=1S/C34H43IN2O7/c1-20-3-5-21(6-4-20)18-37(31(40)17-25-12-22-7-8-24(25)11-22)28-15-26(34(42)36-9-10-38)16-29(32(28)41)44-33-27(35)13-23(19-39)14-30(33)43-2/h3-6,13-14,16,22,24-25,28-29,32,38-39,41H,7-12,15,17-19H2,1-2H3,(H,36,42). The van der Waals surface area contributed by atoms with E-state index in [4.69, 9.17) is 9.47 Å². The van der Waals surface area contributed by atoms with E-state index in [-0.39, 0.29) is 38.0 Å². The average molecular weight is 719 g/mol. The van der Waals surface area contributed by atoms with Crippen molar-refractivity contribution in [1.29, 1.82) is 0 Å². The number of amides is 2. The highest BCUT2D eigenvalue weighted by Crippen LogP contribution is 2.50. The maximum atomic E-state index is 14.2. The molecule has 6 unspecified atom stereocenters. The molecule has 2 amide bonds. The number of nitrogens with one attached hydrogen (secondary N) is 1. The number of aryl methyl sites for hydroxylation is 1. The Kier molecular flexibility index (Phi) is 10.9. The molecule has 2 aromatic carbocycles. The second-order valence-corrected chi connectivity index (χ2v) is 13.6. The van der Waals surface area contributed by atoms with Gasteiger partial charge < -0.3 is 35.0 Å². The molecule has 3 aliphatic rings. The quantitative estimate of drug-likeness (QED) is 0.246. The molecule has 238 valence electrons. The number of fused-ring (bicyclic) bond motifs is 2. The van der Waals surface area contributed by atoms with Crippen molar-refractivity contribution in [2.24, 2.45) is 17.8 Å². The van der Waals surface area contributed by atoms with Crippen molar-refractivity contribution >= 4 is 34.4 Å². The number of hydrogen-bond acceptors (Lipinski definition) is 7. The van der Waals surface area contributed by atoms with Crippen molar-refractivity contribution in [2.45, 2.75) is 76.9 Å². The molecule has 0 aromatic heterocycles. The smallest absolute Gasteiger partial charge is 0.247 e. The highest BCUT2D eigenvalue weighted by molar-refractivity contribution is 14.1. The van der Waals surface area contributed by atoms with E-state index in [0.29, 0.717) is 56.9 Å². The van der Waals surface area contributed by atoms with E-state index < -0.39 is 18.2 Å². The number of carbonyl (C=O) groups excluding carboxylic acids is 2. The van der Waals surface area contributed by atoms with Crippen LogP contribution in [0.2, 0.25) is 0 Å². The van der Waals surface area contributed by atoms with Crippen LogP contribution < -0.4 is 14.8 Å². The summed E-state index contributed by atoms with van der Waals surface area (Å²) in [5, 5.41) is 33.6. The van der Waals surface area contributed by atoms with Crippen molar-refractivity contribution in [3.63, 3.8) is 0 Å². The lowest BCUT2D eigenvalue weighted by molar-refractivity contribution is -0.141. The number of halogens is 1. The van der Waals surface area contributed by atoms with Gasteiger partial charge in [-0.2, -0.15) is 0 Å². The summed E-state index contributed by atoms with van der Waals surface area (Å²) in [6.07, 6.45) is 4.76. The molecule has 9 nitrogen and oxygen atoms in total. The summed E-state index contributed by atoms with van der Waals surface area (Å²) in [4.78, 5) is 29.2. The lowest BCUT2D eigenvalue weighted by Crippen LogP contribution is -2.55. The molecule has 0 aliphatic heterocycles. The van der Waals surface area contributed by atoms with E-state index in [1.807, 2.05) is 31.2 Å². The van der Waals surface area contributed by atoms with E-state index in [1.54, 1.807) is 23.1 Å². The third-order valence-electron chi connectivity index (χ3n) is 9.46. The number of aliphatic hydroxyl groups excluding tert-OH is 3. The van der Waals surface area contributed by atoms with Crippen LogP contribution in [-0.2, 0) is 22.7 Å². The first kappa shape index (κ1) is 32.7. The zero-order chi connectivity index (χ0) is 31.4. The molecule has 5 rings (SSSR count). The maximum absolute atomic E-state index is 14.2. The van der Waals surface area contributed by atoms with Crippen LogP contribution >= 0.6 is 22.6 Å². The molecular formula is C34H43IN2O7. The van der Waals surface area contributed by atoms with E-state index >= 15 is 0 Å². The van der Waals surface area contributed by atoms with Gasteiger partial charge in [0.1, 0.15) is 12.2 Å². The Morgan fingerprint density at radius 1 is 1.09 bits per heavy atom. The minimum atomic E-state index is -1.14. The van der Waals surface area contributed by atoms with Crippen molar-refractivity contribution in [3.05, 3.63) is 68.3 Å². The van der Waals surface area contributed by atoms with E-state index in [1.165, 1.54) is 26.4 Å². The van der Waals surface area contributed by atoms with Gasteiger partial charge in [0, 0.05) is 31.5 Å². The van der Waals surface area contributed by atoms with Crippen LogP contribution in [0.5, 0.6) is 11.5 Å². The Bertz CT molecular complexity index is 1360. The van der Waals surface area contributed by atoms with Crippen molar-refractivity contribution in [1.82, 2.24) is 10.2 Å². The average Bonchev–Trinajstić information content (AvgIpc) is 3.65. The Morgan fingerprint density at radius 3 is 2.50 bits per heavy atom. The van der Waals surface area contributed by atoms with Crippen LogP contribution in [0.3, 0.4) is 0 Å². The van der Waals surface area contributed by atoms with E-state index in [0.717, 1.165) is 17.5 Å². The van der Waals surface area contributed by atoms with Crippen LogP contribution in [0.15, 0.2) is 48.0 Å². The van der Waals surface area contributed by atoms with Gasteiger partial charge in [-0.1, -0.05) is 36.2 Å². The second kappa shape index (κ2) is 14.6. The van der Waals surface area contributed by atoms with E-state index in [9.17, 15) is 24.9 Å². The van der Waals surface area contributed by atoms with Gasteiger partial charge in [0.05, 0.1) is 29.9 Å². The summed E-state index contributed by atoms with van der Waals surface area (Å²) in [5.74, 6) is 1.99. The SMILES string of the molecule is COc1cc(CO)cc(I)c1OC1C=C(C(=O)NCCO)CC(N(Cc2ccc(C)cc2)C(=O)CC2CC3CCC2C3)C1O. The molecule has 0 spiro atoms. The number of methoxy groups -OCH3 is 1. The monoisotopic (exact) mass is 718 g/mol. The van der Waals surface area contributed by atoms with Crippen molar-refractivity contribution in [3.8, 4) is 11.5 Å². The van der Waals surface area contributed by atoms with Crippen LogP contribution in [-0.4, -0.2) is 70.5 Å². The summed E-state index contributed by atoms with van der Waals surface area (Å²) < 4.78 is 12.6. The van der Waals surface area contributed by atoms with Gasteiger partial charge in [0.15, 0.2) is 11.5 Å². The Labute approximate surface area is 272 Å². The number of nitrogens with zero attached hydrogens (tertiary/aromatic N) is 1. The predicted octanol–water partition coefficient (Wildman–Crippen LogP) is 3.87. The summed E-state index contributed by atoms with van der Waals surface area (Å²) in [5.41, 5.74) is 3.08. The van der Waals surface area contributed by atoms with E-state index in [2.05, 4.69) is 27.9 Å². The molecule has 0 heterocycles. The molecular weight excluding hydrogens is 675 g/mol. The Balaban J connectivity index is 1.48. The first-order valence-electron chi connectivity index (χ1n) is 15.5. The predicted molar refractivity (Wildman–Crippen MR) is 174 cm³/mol. The highest BCUT2D eigenvalue weighted by Gasteiger charge is 2.44. The molecule has 2 saturated carbocycles. The number of hydrogen-bond donors (Lipinski definition) is 4. The molecule has 2 aromatic rings. The third-order valence-corrected chi connectivity index (χ3v) is 10.3. The van der Waals surface area contributed by atoms with Gasteiger partial charge in [0.25, 0.3) is 0 Å². The number of ether oxygens (including phenoxy) is 2. The van der Waals surface area contributed by atoms with Gasteiger partial charge in [-0.15, -0.1) is 0 Å². The molecule has 10 heteroatoms. The molecule has 2 bridgehead atoms. The highest BCUT2D eigenvalue weighted by atomic mass is 127. The molecule has 6 atom stereocenters. The lowest BCUT2D eigenvalue weighted by Gasteiger charge is -2.41. The first-order chi connectivity index (χ1) is 21.2. The fraction of sp³-hybridized carbons (Fsp3) is 0.529. The summed E-state index contributed by atoms with van der Waals surface area (Å²) >= 11 is 2.09. The van der Waals surface area contributed by atoms with Gasteiger partial charge in [-0.05, 0) is 95.9 Å². The fourth-order valence-electron chi connectivity index (χ4n) is 7.14. The third kappa shape index (κ3) is 7.41. The van der Waals surface area contributed by atoms with Gasteiger partial charge in [-0.25, -0.2) is 0 Å². The lowest BCUT2D eigenvalue weighted by atomic mass is 9.84. The van der Waals surface area contributed by atoms with Crippen molar-refractivity contribution < 1.29 is 34.4 Å². The summed E-state index contributed by atoms with van der Waals surface area (Å²) in [6.45, 7) is 2.01. The number of aliphatic hydroxyl groups is 3. The molecule has 4 N–H and O–H groups in total. The number of carbonyl (C=O) groups is 2. The Morgan fingerprint density at radius 2 is 1.86 bits per heavy atom. The normalized spacial score (nSPS) is 25.8. The zero-order valence-electron chi connectivity index (χ0n) is 25.4. The number of rotatable bonds is 12. The van der Waals surface area contributed by atoms with Gasteiger partial charge in [0.2, 0.25) is 11.8 Å². The maximum Gasteiger partial charge on any atom is 0.247 e. The first-order valence-corrected chi connectivity index (χ1v) is 16.5. The fourth-order valence-corrected chi connectivity index (χ4v) is 7.94. The van der Waals surface area contributed by atoms with Crippen LogP contribution in [0.25, 0.3) is 0 Å². The minimum Gasteiger partial charge on any atom is -0.493 e. The van der Waals surface area contributed by atoms with Crippen LogP contribution in [0, 0.1) is 28.2 Å². The topological polar surface area (TPSA) is 129 Å². The molecule has 44 heavy (non-hydrogen) atoms. The summed E-state index contributed by atoms with van der Waals surface area (Å²) in [7, 11) is 1.50. The van der Waals surface area contributed by atoms with Gasteiger partial charge >= 0.3 is 0 Å². The van der Waals surface area contributed by atoms with Crippen LogP contribution in [0.1, 0.15) is 55.2 Å². The number of benzene rings is 2. The molecule has 2 fully saturated rings. The summed E-state index contributed by atoms with van der Waals surface area (Å²) in [6, 6.07) is 10.7. The van der Waals surface area contributed by atoms with Crippen LogP contribution in [0.4, 0.5) is 0 Å². The van der Waals surface area contributed by atoms with Gasteiger partial charge in [-0.3, -0.25) is 9.59 Å².